The molecule has 1 aliphatic heterocycles. The molecular formula is C18H25IN4OS. The first kappa shape index (κ1) is 20.1. The van der Waals surface area contributed by atoms with Crippen molar-refractivity contribution in [1.29, 1.82) is 0 Å². The predicted molar refractivity (Wildman–Crippen MR) is 116 cm³/mol. The van der Waals surface area contributed by atoms with Gasteiger partial charge in [-0.1, -0.05) is 35.5 Å². The second kappa shape index (κ2) is 9.47. The molecule has 1 saturated heterocycles. The minimum atomic E-state index is 0. The lowest BCUT2D eigenvalue weighted by molar-refractivity contribution is 0.422. The van der Waals surface area contributed by atoms with E-state index in [0.29, 0.717) is 11.3 Å². The molecule has 1 aromatic carbocycles. The van der Waals surface area contributed by atoms with Crippen LogP contribution in [0.4, 0.5) is 0 Å². The lowest BCUT2D eigenvalue weighted by atomic mass is 10.1. The Bertz CT molecular complexity index is 683. The molecule has 1 aromatic heterocycles. The Morgan fingerprint density at radius 1 is 1.32 bits per heavy atom. The first-order valence-corrected chi connectivity index (χ1v) is 9.27. The summed E-state index contributed by atoms with van der Waals surface area (Å²) >= 11 is 2.04. The highest BCUT2D eigenvalue weighted by atomic mass is 127. The van der Waals surface area contributed by atoms with Crippen molar-refractivity contribution in [1.82, 2.24) is 15.8 Å². The Morgan fingerprint density at radius 2 is 2.12 bits per heavy atom. The summed E-state index contributed by atoms with van der Waals surface area (Å²) in [6.07, 6.45) is 2.56. The smallest absolute Gasteiger partial charge is 0.191 e. The highest BCUT2D eigenvalue weighted by molar-refractivity contribution is 14.0. The van der Waals surface area contributed by atoms with Crippen molar-refractivity contribution in [2.45, 2.75) is 31.1 Å². The van der Waals surface area contributed by atoms with Crippen molar-refractivity contribution in [3.05, 3.63) is 42.1 Å². The Hall–Kier alpha value is -1.22. The van der Waals surface area contributed by atoms with Gasteiger partial charge in [-0.15, -0.1) is 24.0 Å². The van der Waals surface area contributed by atoms with E-state index >= 15 is 0 Å². The van der Waals surface area contributed by atoms with E-state index in [1.54, 1.807) is 7.05 Å². The average molecular weight is 472 g/mol. The summed E-state index contributed by atoms with van der Waals surface area (Å²) in [6.45, 7) is 3.82. The highest BCUT2D eigenvalue weighted by Gasteiger charge is 2.29. The first-order valence-electron chi connectivity index (χ1n) is 8.28. The zero-order valence-corrected chi connectivity index (χ0v) is 17.8. The van der Waals surface area contributed by atoms with Crippen LogP contribution in [0.2, 0.25) is 0 Å². The number of thioether (sulfide) groups is 1. The van der Waals surface area contributed by atoms with E-state index in [4.69, 9.17) is 4.52 Å². The lowest BCUT2D eigenvalue weighted by Crippen LogP contribution is -2.43. The van der Waals surface area contributed by atoms with Crippen LogP contribution in [0.1, 0.15) is 25.5 Å². The van der Waals surface area contributed by atoms with Gasteiger partial charge in [0.2, 0.25) is 0 Å². The molecule has 0 saturated carbocycles. The molecule has 25 heavy (non-hydrogen) atoms. The normalized spacial score (nSPS) is 20.2. The van der Waals surface area contributed by atoms with Gasteiger partial charge in [-0.3, -0.25) is 4.99 Å². The van der Waals surface area contributed by atoms with Gasteiger partial charge in [-0.2, -0.15) is 11.8 Å². The number of aromatic nitrogens is 1. The summed E-state index contributed by atoms with van der Waals surface area (Å²) in [5.41, 5.74) is 1.89. The van der Waals surface area contributed by atoms with E-state index in [1.165, 1.54) is 18.6 Å². The molecule has 7 heteroatoms. The minimum absolute atomic E-state index is 0. The second-order valence-corrected chi connectivity index (χ2v) is 7.91. The van der Waals surface area contributed by atoms with Gasteiger partial charge >= 0.3 is 0 Å². The van der Waals surface area contributed by atoms with Crippen molar-refractivity contribution in [2.24, 2.45) is 4.99 Å². The third-order valence-corrected chi connectivity index (χ3v) is 5.75. The van der Waals surface area contributed by atoms with E-state index in [2.05, 4.69) is 27.7 Å². The Morgan fingerprint density at radius 3 is 2.80 bits per heavy atom. The van der Waals surface area contributed by atoms with Crippen LogP contribution in [-0.2, 0) is 6.54 Å². The summed E-state index contributed by atoms with van der Waals surface area (Å²) in [7, 11) is 1.79. The van der Waals surface area contributed by atoms with Gasteiger partial charge < -0.3 is 15.2 Å². The summed E-state index contributed by atoms with van der Waals surface area (Å²) in [4.78, 5) is 4.29. The van der Waals surface area contributed by atoms with Crippen LogP contribution in [0, 0.1) is 0 Å². The second-order valence-electron chi connectivity index (χ2n) is 6.23. The zero-order valence-electron chi connectivity index (χ0n) is 14.6. The third kappa shape index (κ3) is 5.64. The third-order valence-electron chi connectivity index (χ3n) is 4.21. The van der Waals surface area contributed by atoms with Crippen molar-refractivity contribution >= 4 is 41.7 Å². The van der Waals surface area contributed by atoms with Crippen LogP contribution < -0.4 is 10.6 Å². The van der Waals surface area contributed by atoms with Gasteiger partial charge in [0.25, 0.3) is 0 Å². The molecule has 5 nitrogen and oxygen atoms in total. The summed E-state index contributed by atoms with van der Waals surface area (Å²) < 4.78 is 5.73. The minimum Gasteiger partial charge on any atom is -0.356 e. The number of hydrogen-bond donors (Lipinski definition) is 2. The quantitative estimate of drug-likeness (QED) is 0.393. The molecular weight excluding hydrogens is 447 g/mol. The van der Waals surface area contributed by atoms with Crippen molar-refractivity contribution < 1.29 is 4.52 Å². The number of aliphatic imine (C=N–C) groups is 1. The van der Waals surface area contributed by atoms with Crippen molar-refractivity contribution in [3.8, 4) is 11.3 Å². The molecule has 1 aliphatic rings. The van der Waals surface area contributed by atoms with Gasteiger partial charge in [0.05, 0.1) is 6.54 Å². The maximum absolute atomic E-state index is 5.42. The number of nitrogens with zero attached hydrogens (tertiary/aromatic N) is 2. The van der Waals surface area contributed by atoms with Crippen LogP contribution in [-0.4, -0.2) is 35.2 Å². The molecule has 2 aromatic rings. The Labute approximate surface area is 170 Å². The largest absolute Gasteiger partial charge is 0.356 e. The van der Waals surface area contributed by atoms with Gasteiger partial charge in [0.1, 0.15) is 5.69 Å². The number of hydrogen-bond acceptors (Lipinski definition) is 4. The van der Waals surface area contributed by atoms with E-state index < -0.39 is 0 Å². The number of rotatable bonds is 5. The molecule has 1 atom stereocenters. The van der Waals surface area contributed by atoms with E-state index in [0.717, 1.165) is 29.5 Å². The monoisotopic (exact) mass is 472 g/mol. The fraction of sp³-hybridized carbons (Fsp3) is 0.444. The van der Waals surface area contributed by atoms with Gasteiger partial charge in [-0.05, 0) is 25.5 Å². The van der Waals surface area contributed by atoms with Crippen molar-refractivity contribution in [3.63, 3.8) is 0 Å². The van der Waals surface area contributed by atoms with Crippen LogP contribution in [0.5, 0.6) is 0 Å². The number of nitrogens with one attached hydrogen (secondary N) is 2. The molecule has 3 rings (SSSR count). The fourth-order valence-electron chi connectivity index (χ4n) is 2.78. The SMILES string of the molecule is CN=C(NCc1cc(-c2ccccc2)on1)NCC1(C)CCCS1.I. The lowest BCUT2D eigenvalue weighted by Gasteiger charge is -2.24. The van der Waals surface area contributed by atoms with E-state index in [1.807, 2.05) is 48.2 Å². The summed E-state index contributed by atoms with van der Waals surface area (Å²) in [5.74, 6) is 2.84. The topological polar surface area (TPSA) is 62.5 Å². The molecule has 0 radical (unpaired) electrons. The molecule has 0 aliphatic carbocycles. The molecule has 2 N–H and O–H groups in total. The molecule has 0 amide bonds. The molecule has 0 spiro atoms. The Balaban J connectivity index is 0.00000225. The summed E-state index contributed by atoms with van der Waals surface area (Å²) in [6, 6.07) is 12.0. The van der Waals surface area contributed by atoms with Crippen LogP contribution in [0.15, 0.2) is 45.9 Å². The maximum Gasteiger partial charge on any atom is 0.191 e. The van der Waals surface area contributed by atoms with Crippen molar-refractivity contribution in [2.75, 3.05) is 19.3 Å². The number of guanidine groups is 1. The molecule has 1 fully saturated rings. The van der Waals surface area contributed by atoms with E-state index in [9.17, 15) is 0 Å². The van der Waals surface area contributed by atoms with Gasteiger partial charge in [0, 0.05) is 30.0 Å². The number of halogens is 1. The van der Waals surface area contributed by atoms with Gasteiger partial charge in [-0.25, -0.2) is 0 Å². The van der Waals surface area contributed by atoms with Gasteiger partial charge in [0.15, 0.2) is 11.7 Å². The van der Waals surface area contributed by atoms with Crippen LogP contribution in [0.25, 0.3) is 11.3 Å². The van der Waals surface area contributed by atoms with Crippen LogP contribution in [0.3, 0.4) is 0 Å². The zero-order chi connectivity index (χ0) is 16.8. The maximum atomic E-state index is 5.42. The highest BCUT2D eigenvalue weighted by Crippen LogP contribution is 2.36. The van der Waals surface area contributed by atoms with Crippen LogP contribution >= 0.6 is 35.7 Å². The standard InChI is InChI=1S/C18H24N4OS.HI/c1-18(9-6-10-24-18)13-21-17(19-2)20-12-15-11-16(23-22-15)14-7-4-3-5-8-14;/h3-5,7-8,11H,6,9-10,12-13H2,1-2H3,(H2,19,20,21);1H. The first-order chi connectivity index (χ1) is 11.7. The average Bonchev–Trinajstić information content (AvgIpc) is 3.26. The summed E-state index contributed by atoms with van der Waals surface area (Å²) in [5, 5.41) is 10.8. The predicted octanol–water partition coefficient (Wildman–Crippen LogP) is 3.91. The molecule has 0 bridgehead atoms. The molecule has 136 valence electrons. The number of benzene rings is 1. The molecule has 1 unspecified atom stereocenters. The molecule has 2 heterocycles. The Kier molecular flexibility index (Phi) is 7.61. The van der Waals surface area contributed by atoms with E-state index in [-0.39, 0.29) is 24.0 Å². The fourth-order valence-corrected chi connectivity index (χ4v) is 4.02.